The van der Waals surface area contributed by atoms with Crippen molar-refractivity contribution in [3.63, 3.8) is 0 Å². The van der Waals surface area contributed by atoms with E-state index in [1.165, 1.54) is 45.2 Å². The molecule has 0 amide bonds. The summed E-state index contributed by atoms with van der Waals surface area (Å²) in [6.45, 7) is 2.00. The lowest BCUT2D eigenvalue weighted by Crippen LogP contribution is -2.23. The van der Waals surface area contributed by atoms with Crippen molar-refractivity contribution >= 4 is 44.8 Å². The van der Waals surface area contributed by atoms with Crippen LogP contribution in [0, 0.1) is 0 Å². The molecule has 0 fully saturated rings. The van der Waals surface area contributed by atoms with Crippen molar-refractivity contribution in [1.29, 1.82) is 0 Å². The fourth-order valence-corrected chi connectivity index (χ4v) is 6.57. The van der Waals surface area contributed by atoms with Crippen LogP contribution in [0.3, 0.4) is 0 Å². The number of rotatable bonds is 1. The predicted molar refractivity (Wildman–Crippen MR) is 145 cm³/mol. The molecule has 0 saturated heterocycles. The Hall–Kier alpha value is -1.41. The predicted octanol–water partition coefficient (Wildman–Crippen LogP) is 5.45. The largest absolute Gasteiger partial charge is 0.358 e. The van der Waals surface area contributed by atoms with E-state index in [1.807, 2.05) is 23.5 Å². The minimum atomic E-state index is 0.302. The molecule has 0 radical (unpaired) electrons. The number of hydrogen-bond donors (Lipinski definition) is 2. The number of nitrogens with zero attached hydrogens (tertiary/aromatic N) is 2. The molecule has 0 aromatic heterocycles. The van der Waals surface area contributed by atoms with Crippen molar-refractivity contribution in [1.82, 2.24) is 5.32 Å². The van der Waals surface area contributed by atoms with E-state index in [0.717, 1.165) is 36.9 Å². The molecule has 32 heavy (non-hydrogen) atoms. The molecule has 2 aliphatic heterocycles. The highest BCUT2D eigenvalue weighted by atomic mass is 32.2. The summed E-state index contributed by atoms with van der Waals surface area (Å²) in [4.78, 5) is 8.64. The average molecular weight is 485 g/mol. The number of aliphatic imine (C=N–C) groups is 2. The fraction of sp³-hybridized carbons (Fsp3) is 0.440. The fourth-order valence-electron chi connectivity index (χ4n) is 4.31. The molecule has 0 saturated carbocycles. The van der Waals surface area contributed by atoms with Crippen LogP contribution >= 0.6 is 35.3 Å². The third-order valence-corrected chi connectivity index (χ3v) is 8.93. The summed E-state index contributed by atoms with van der Waals surface area (Å²) < 4.78 is 1.25. The summed E-state index contributed by atoms with van der Waals surface area (Å²) in [6.07, 6.45) is 6.76. The maximum atomic E-state index is 5.85. The highest BCUT2D eigenvalue weighted by molar-refractivity contribution is 8.38. The van der Waals surface area contributed by atoms with Crippen LogP contribution in [0.5, 0.6) is 0 Å². The third kappa shape index (κ3) is 6.34. The first-order valence-corrected chi connectivity index (χ1v) is 14.5. The Labute approximate surface area is 204 Å². The molecule has 2 aliphatic carbocycles. The van der Waals surface area contributed by atoms with Crippen molar-refractivity contribution in [3.8, 4) is 0 Å². The first-order valence-electron chi connectivity index (χ1n) is 11.3. The highest BCUT2D eigenvalue weighted by Gasteiger charge is 2.23. The second-order valence-corrected chi connectivity index (χ2v) is 11.2. The molecule has 0 bridgehead atoms. The second kappa shape index (κ2) is 12.2. The topological polar surface area (TPSA) is 62.8 Å². The van der Waals surface area contributed by atoms with Gasteiger partial charge in [-0.1, -0.05) is 72.1 Å². The number of aryl methyl sites for hydroxylation is 2. The van der Waals surface area contributed by atoms with Crippen molar-refractivity contribution in [2.24, 2.45) is 15.7 Å². The summed E-state index contributed by atoms with van der Waals surface area (Å²) >= 11 is 5.44. The van der Waals surface area contributed by atoms with Crippen molar-refractivity contribution in [2.75, 3.05) is 30.9 Å². The monoisotopic (exact) mass is 484 g/mol. The molecule has 2 unspecified atom stereocenters. The number of amidine groups is 1. The Kier molecular flexibility index (Phi) is 9.02. The van der Waals surface area contributed by atoms with Gasteiger partial charge in [0, 0.05) is 17.5 Å². The molecular weight excluding hydrogens is 453 g/mol. The van der Waals surface area contributed by atoms with Gasteiger partial charge < -0.3 is 11.1 Å². The minimum Gasteiger partial charge on any atom is -0.358 e. The van der Waals surface area contributed by atoms with E-state index in [-0.39, 0.29) is 0 Å². The number of thioether (sulfide) groups is 3. The summed E-state index contributed by atoms with van der Waals surface area (Å²) in [6, 6.07) is 18.0. The van der Waals surface area contributed by atoms with E-state index in [2.05, 4.69) is 70.1 Å². The zero-order chi connectivity index (χ0) is 22.2. The van der Waals surface area contributed by atoms with Gasteiger partial charge in [0.2, 0.25) is 0 Å². The number of benzene rings is 2. The third-order valence-electron chi connectivity index (χ3n) is 5.93. The first-order chi connectivity index (χ1) is 15.7. The molecule has 4 nitrogen and oxygen atoms in total. The quantitative estimate of drug-likeness (QED) is 0.563. The van der Waals surface area contributed by atoms with Gasteiger partial charge >= 0.3 is 0 Å². The van der Waals surface area contributed by atoms with Crippen molar-refractivity contribution < 1.29 is 0 Å². The average Bonchev–Trinajstić information content (AvgIpc) is 3.65. The molecule has 170 valence electrons. The number of hydrogen-bond acceptors (Lipinski definition) is 7. The summed E-state index contributed by atoms with van der Waals surface area (Å²) in [5.41, 5.74) is 11.6. The SMILES string of the molecule is CSC1=NCCS1.NC1CCc2ccccc21.c1ccc2c(c1)CCC2NC1=NCCS1. The number of nitrogens with one attached hydrogen (secondary N) is 1. The molecule has 2 aromatic carbocycles. The van der Waals surface area contributed by atoms with Gasteiger partial charge in [0.1, 0.15) is 4.38 Å². The zero-order valence-corrected chi connectivity index (χ0v) is 21.1. The van der Waals surface area contributed by atoms with Crippen LogP contribution in [0.4, 0.5) is 0 Å². The molecule has 4 aliphatic rings. The van der Waals surface area contributed by atoms with E-state index in [4.69, 9.17) is 5.73 Å². The Morgan fingerprint density at radius 3 is 2.16 bits per heavy atom. The van der Waals surface area contributed by atoms with Gasteiger partial charge in [0.25, 0.3) is 0 Å². The van der Waals surface area contributed by atoms with Crippen molar-refractivity contribution in [2.45, 2.75) is 37.8 Å². The van der Waals surface area contributed by atoms with Crippen molar-refractivity contribution in [3.05, 3.63) is 70.8 Å². The van der Waals surface area contributed by atoms with Crippen LogP contribution in [0.2, 0.25) is 0 Å². The molecule has 2 atom stereocenters. The summed E-state index contributed by atoms with van der Waals surface area (Å²) in [5.74, 6) is 2.33. The van der Waals surface area contributed by atoms with E-state index in [0.29, 0.717) is 12.1 Å². The van der Waals surface area contributed by atoms with Gasteiger partial charge in [-0.25, -0.2) is 0 Å². The molecule has 0 spiro atoms. The van der Waals surface area contributed by atoms with Gasteiger partial charge in [-0.15, -0.1) is 11.8 Å². The first kappa shape index (κ1) is 23.7. The summed E-state index contributed by atoms with van der Waals surface area (Å²) in [7, 11) is 0. The van der Waals surface area contributed by atoms with E-state index < -0.39 is 0 Å². The second-order valence-electron chi connectivity index (χ2n) is 8.01. The number of fused-ring (bicyclic) bond motifs is 2. The Balaban J connectivity index is 0.000000125. The van der Waals surface area contributed by atoms with Gasteiger partial charge in [-0.3, -0.25) is 9.98 Å². The minimum absolute atomic E-state index is 0.302. The van der Waals surface area contributed by atoms with Gasteiger partial charge in [0.05, 0.1) is 19.1 Å². The molecular formula is C25H32N4S3. The molecule has 6 rings (SSSR count). The van der Waals surface area contributed by atoms with E-state index in [1.54, 1.807) is 11.8 Å². The molecule has 7 heteroatoms. The highest BCUT2D eigenvalue weighted by Crippen LogP contribution is 2.31. The lowest BCUT2D eigenvalue weighted by atomic mass is 10.1. The molecule has 3 N–H and O–H groups in total. The maximum absolute atomic E-state index is 5.85. The normalized spacial score (nSPS) is 22.6. The lowest BCUT2D eigenvalue weighted by molar-refractivity contribution is 0.644. The van der Waals surface area contributed by atoms with E-state index >= 15 is 0 Å². The molecule has 2 aromatic rings. The van der Waals surface area contributed by atoms with Gasteiger partial charge in [-0.2, -0.15) is 0 Å². The summed E-state index contributed by atoms with van der Waals surface area (Å²) in [5, 5.41) is 4.68. The standard InChI is InChI=1S/C12H14N2S.C9H11N.C4H7NS2/c1-2-4-10-9(3-1)5-6-11(10)14-12-13-7-8-15-12;10-9-6-5-7-3-1-2-4-8(7)9;1-6-4-5-2-3-7-4/h1-4,11H,5-8H2,(H,13,14);1-4,9H,5-6,10H2;2-3H2,1H3. The van der Waals surface area contributed by atoms with Crippen LogP contribution < -0.4 is 11.1 Å². The van der Waals surface area contributed by atoms with Crippen LogP contribution in [0.25, 0.3) is 0 Å². The van der Waals surface area contributed by atoms with Gasteiger partial charge in [0.15, 0.2) is 5.17 Å². The lowest BCUT2D eigenvalue weighted by Gasteiger charge is -2.14. The Morgan fingerprint density at radius 2 is 1.53 bits per heavy atom. The maximum Gasteiger partial charge on any atom is 0.157 e. The van der Waals surface area contributed by atoms with E-state index in [9.17, 15) is 0 Å². The van der Waals surface area contributed by atoms with Gasteiger partial charge in [-0.05, 0) is 54.2 Å². The Morgan fingerprint density at radius 1 is 0.875 bits per heavy atom. The molecule has 2 heterocycles. The number of nitrogens with two attached hydrogens (primary N) is 1. The van der Waals surface area contributed by atoms with Crippen LogP contribution in [0.15, 0.2) is 58.5 Å². The smallest absolute Gasteiger partial charge is 0.157 e. The Bertz CT molecular complexity index is 960. The van der Waals surface area contributed by atoms with Crippen LogP contribution in [0.1, 0.15) is 47.2 Å². The zero-order valence-electron chi connectivity index (χ0n) is 18.6. The van der Waals surface area contributed by atoms with Crippen LogP contribution in [-0.2, 0) is 12.8 Å². The van der Waals surface area contributed by atoms with Crippen LogP contribution in [-0.4, -0.2) is 40.4 Å².